The third-order valence-electron chi connectivity index (χ3n) is 4.91. The van der Waals surface area contributed by atoms with Crippen LogP contribution in [0.1, 0.15) is 23.5 Å². The molecule has 2 amide bonds. The molecule has 2 atom stereocenters. The Kier molecular flexibility index (Phi) is 6.21. The van der Waals surface area contributed by atoms with Gasteiger partial charge in [0.05, 0.1) is 17.8 Å². The summed E-state index contributed by atoms with van der Waals surface area (Å²) in [6, 6.07) is 12.7. The van der Waals surface area contributed by atoms with E-state index in [2.05, 4.69) is 5.32 Å². The second kappa shape index (κ2) is 8.49. The summed E-state index contributed by atoms with van der Waals surface area (Å²) in [6.45, 7) is -0.161. The van der Waals surface area contributed by atoms with Crippen molar-refractivity contribution < 1.29 is 22.8 Å². The molecule has 1 fully saturated rings. The summed E-state index contributed by atoms with van der Waals surface area (Å²) >= 11 is 1.49. The number of halogens is 3. The van der Waals surface area contributed by atoms with Crippen molar-refractivity contribution in [3.8, 4) is 0 Å². The quantitative estimate of drug-likeness (QED) is 0.691. The van der Waals surface area contributed by atoms with Gasteiger partial charge in [-0.1, -0.05) is 30.3 Å². The van der Waals surface area contributed by atoms with Crippen LogP contribution in [0.4, 0.5) is 18.9 Å². The predicted molar refractivity (Wildman–Crippen MR) is 107 cm³/mol. The van der Waals surface area contributed by atoms with Crippen LogP contribution in [0.5, 0.6) is 0 Å². The van der Waals surface area contributed by atoms with Crippen LogP contribution < -0.4 is 5.32 Å². The van der Waals surface area contributed by atoms with Crippen LogP contribution >= 0.6 is 11.8 Å². The predicted octanol–water partition coefficient (Wildman–Crippen LogP) is 4.63. The van der Waals surface area contributed by atoms with Crippen LogP contribution in [0.25, 0.3) is 0 Å². The van der Waals surface area contributed by atoms with Gasteiger partial charge < -0.3 is 10.2 Å². The third kappa shape index (κ3) is 4.93. The largest absolute Gasteiger partial charge is 0.416 e. The van der Waals surface area contributed by atoms with E-state index in [1.54, 1.807) is 18.2 Å². The molecule has 0 saturated heterocycles. The van der Waals surface area contributed by atoms with E-state index in [9.17, 15) is 22.8 Å². The average Bonchev–Trinajstić information content (AvgIpc) is 3.47. The summed E-state index contributed by atoms with van der Waals surface area (Å²) in [5.41, 5.74) is 0.105. The van der Waals surface area contributed by atoms with Crippen molar-refractivity contribution in [3.63, 3.8) is 0 Å². The van der Waals surface area contributed by atoms with Crippen molar-refractivity contribution in [2.24, 2.45) is 5.92 Å². The number of alkyl halides is 3. The van der Waals surface area contributed by atoms with Gasteiger partial charge >= 0.3 is 6.18 Å². The normalized spacial score (nSPS) is 18.2. The van der Waals surface area contributed by atoms with Crippen LogP contribution in [-0.4, -0.2) is 36.6 Å². The number of para-hydroxylation sites is 1. The molecule has 3 rings (SSSR count). The van der Waals surface area contributed by atoms with Gasteiger partial charge in [0, 0.05) is 17.9 Å². The summed E-state index contributed by atoms with van der Waals surface area (Å²) in [7, 11) is 1.49. The van der Waals surface area contributed by atoms with Crippen molar-refractivity contribution >= 4 is 29.3 Å². The number of hydrogen-bond acceptors (Lipinski definition) is 3. The smallest absolute Gasteiger partial charge is 0.336 e. The zero-order valence-electron chi connectivity index (χ0n) is 16.0. The minimum atomic E-state index is -4.46. The zero-order chi connectivity index (χ0) is 21.2. The first kappa shape index (κ1) is 21.2. The molecule has 0 aliphatic heterocycles. The monoisotopic (exact) mass is 422 g/mol. The SMILES string of the molecule is CSc1ccccc1NC(=O)CN(C)C(=O)C1CC1c1ccccc1C(F)(F)F. The molecule has 0 radical (unpaired) electrons. The fourth-order valence-corrected chi connectivity index (χ4v) is 3.96. The van der Waals surface area contributed by atoms with E-state index in [1.165, 1.54) is 35.8 Å². The Morgan fingerprint density at radius 3 is 2.48 bits per heavy atom. The van der Waals surface area contributed by atoms with Gasteiger partial charge in [0.25, 0.3) is 0 Å². The first-order valence-corrected chi connectivity index (χ1v) is 10.3. The van der Waals surface area contributed by atoms with E-state index in [0.717, 1.165) is 11.0 Å². The summed E-state index contributed by atoms with van der Waals surface area (Å²) in [5.74, 6) is -1.67. The van der Waals surface area contributed by atoms with Gasteiger partial charge in [0.15, 0.2) is 0 Å². The number of hydrogen-bond donors (Lipinski definition) is 1. The number of rotatable bonds is 6. The molecule has 2 unspecified atom stereocenters. The fourth-order valence-electron chi connectivity index (χ4n) is 3.40. The van der Waals surface area contributed by atoms with Gasteiger partial charge in [-0.15, -0.1) is 11.8 Å². The molecule has 0 bridgehead atoms. The number of benzene rings is 2. The van der Waals surface area contributed by atoms with E-state index < -0.39 is 23.6 Å². The molecule has 1 aliphatic rings. The molecule has 2 aromatic carbocycles. The maximum absolute atomic E-state index is 13.2. The van der Waals surface area contributed by atoms with Crippen LogP contribution in [0.2, 0.25) is 0 Å². The lowest BCUT2D eigenvalue weighted by Crippen LogP contribution is -2.36. The second-order valence-electron chi connectivity index (χ2n) is 6.98. The van der Waals surface area contributed by atoms with E-state index in [0.29, 0.717) is 12.1 Å². The highest BCUT2D eigenvalue weighted by Gasteiger charge is 2.48. The molecule has 154 valence electrons. The lowest BCUT2D eigenvalue weighted by atomic mass is 10.0. The number of likely N-dealkylation sites (N-methyl/N-ethyl adjacent to an activating group) is 1. The molecule has 0 heterocycles. The average molecular weight is 422 g/mol. The molecule has 0 spiro atoms. The number of carbonyl (C=O) groups excluding carboxylic acids is 2. The maximum atomic E-state index is 13.2. The van der Waals surface area contributed by atoms with Crippen LogP contribution in [0, 0.1) is 5.92 Å². The Balaban J connectivity index is 1.62. The Morgan fingerprint density at radius 1 is 1.14 bits per heavy atom. The number of nitrogens with one attached hydrogen (secondary N) is 1. The fraction of sp³-hybridized carbons (Fsp3) is 0.333. The van der Waals surface area contributed by atoms with E-state index in [-0.39, 0.29) is 23.9 Å². The zero-order valence-corrected chi connectivity index (χ0v) is 16.8. The summed E-state index contributed by atoms with van der Waals surface area (Å²) in [6.07, 6.45) is -2.21. The number of thioether (sulfide) groups is 1. The van der Waals surface area contributed by atoms with Gasteiger partial charge in [-0.3, -0.25) is 9.59 Å². The molecule has 2 aromatic rings. The van der Waals surface area contributed by atoms with Crippen LogP contribution in [0.3, 0.4) is 0 Å². The molecule has 1 N–H and O–H groups in total. The number of nitrogens with zero attached hydrogens (tertiary/aromatic N) is 1. The van der Waals surface area contributed by atoms with Crippen LogP contribution in [0.15, 0.2) is 53.4 Å². The third-order valence-corrected chi connectivity index (χ3v) is 5.71. The van der Waals surface area contributed by atoms with Gasteiger partial charge in [-0.05, 0) is 42.4 Å². The van der Waals surface area contributed by atoms with E-state index in [4.69, 9.17) is 0 Å². The van der Waals surface area contributed by atoms with Crippen LogP contribution in [-0.2, 0) is 15.8 Å². The lowest BCUT2D eigenvalue weighted by molar-refractivity contribution is -0.138. The highest BCUT2D eigenvalue weighted by Crippen LogP contribution is 2.51. The van der Waals surface area contributed by atoms with E-state index >= 15 is 0 Å². The van der Waals surface area contributed by atoms with Crippen molar-refractivity contribution in [3.05, 3.63) is 59.7 Å². The minimum Gasteiger partial charge on any atom is -0.336 e. The van der Waals surface area contributed by atoms with Gasteiger partial charge in [-0.25, -0.2) is 0 Å². The summed E-state index contributed by atoms with van der Waals surface area (Å²) in [5, 5.41) is 2.78. The molecule has 4 nitrogen and oxygen atoms in total. The van der Waals surface area contributed by atoms with Gasteiger partial charge in [-0.2, -0.15) is 13.2 Å². The molecular formula is C21H21F3N2O2S. The summed E-state index contributed by atoms with van der Waals surface area (Å²) < 4.78 is 39.6. The minimum absolute atomic E-state index is 0.144. The summed E-state index contributed by atoms with van der Waals surface area (Å²) in [4.78, 5) is 27.1. The van der Waals surface area contributed by atoms with Gasteiger partial charge in [0.1, 0.15) is 0 Å². The molecule has 8 heteroatoms. The van der Waals surface area contributed by atoms with Crippen molar-refractivity contribution in [1.82, 2.24) is 4.90 Å². The molecule has 0 aromatic heterocycles. The lowest BCUT2D eigenvalue weighted by Gasteiger charge is -2.18. The Morgan fingerprint density at radius 2 is 1.79 bits per heavy atom. The molecular weight excluding hydrogens is 401 g/mol. The molecule has 1 aliphatic carbocycles. The van der Waals surface area contributed by atoms with E-state index in [1.807, 2.05) is 18.4 Å². The Hall–Kier alpha value is -2.48. The topological polar surface area (TPSA) is 49.4 Å². The highest BCUT2D eigenvalue weighted by molar-refractivity contribution is 7.98. The molecule has 1 saturated carbocycles. The van der Waals surface area contributed by atoms with Gasteiger partial charge in [0.2, 0.25) is 11.8 Å². The van der Waals surface area contributed by atoms with Crippen molar-refractivity contribution in [1.29, 1.82) is 0 Å². The standard InChI is InChI=1S/C21H21F3N2O2S/c1-26(12-19(27)25-17-9-5-6-10-18(17)29-2)20(28)15-11-14(15)13-7-3-4-8-16(13)21(22,23)24/h3-10,14-15H,11-12H2,1-2H3,(H,25,27). The molecule has 29 heavy (non-hydrogen) atoms. The second-order valence-corrected chi connectivity index (χ2v) is 7.82. The maximum Gasteiger partial charge on any atom is 0.416 e. The van der Waals surface area contributed by atoms with Crippen molar-refractivity contribution in [2.75, 3.05) is 25.2 Å². The van der Waals surface area contributed by atoms with Crippen molar-refractivity contribution in [2.45, 2.75) is 23.4 Å². The number of anilines is 1. The number of carbonyl (C=O) groups is 2. The number of amides is 2. The Labute approximate surface area is 171 Å². The first-order chi connectivity index (χ1) is 13.7. The first-order valence-electron chi connectivity index (χ1n) is 9.06. The Bertz CT molecular complexity index is 917. The highest BCUT2D eigenvalue weighted by atomic mass is 32.2.